The van der Waals surface area contributed by atoms with Crippen LogP contribution in [0.4, 0.5) is 0 Å². The van der Waals surface area contributed by atoms with E-state index in [0.717, 1.165) is 17.5 Å². The van der Waals surface area contributed by atoms with Crippen LogP contribution in [-0.4, -0.2) is 31.1 Å². The van der Waals surface area contributed by atoms with Crippen LogP contribution in [0, 0.1) is 6.92 Å². The third-order valence-electron chi connectivity index (χ3n) is 3.60. The fourth-order valence-electron chi connectivity index (χ4n) is 2.62. The number of nitrogens with one attached hydrogen (secondary N) is 1. The summed E-state index contributed by atoms with van der Waals surface area (Å²) in [6.07, 6.45) is 1.59. The van der Waals surface area contributed by atoms with Crippen molar-refractivity contribution >= 4 is 9.84 Å². The highest BCUT2D eigenvalue weighted by atomic mass is 32.2. The number of phenolic OH excluding ortho intramolecular Hbond substituents is 1. The van der Waals surface area contributed by atoms with Gasteiger partial charge >= 0.3 is 0 Å². The third-order valence-corrected chi connectivity index (χ3v) is 5.42. The Labute approximate surface area is 114 Å². The van der Waals surface area contributed by atoms with Gasteiger partial charge in [0, 0.05) is 17.6 Å². The average Bonchev–Trinajstić information content (AvgIpc) is 2.31. The van der Waals surface area contributed by atoms with Gasteiger partial charge in [-0.1, -0.05) is 17.7 Å². The molecule has 106 valence electrons. The van der Waals surface area contributed by atoms with Crippen LogP contribution in [-0.2, 0) is 9.84 Å². The Bertz CT molecular complexity index is 554. The van der Waals surface area contributed by atoms with Gasteiger partial charge in [-0.25, -0.2) is 8.42 Å². The molecule has 0 bridgehead atoms. The quantitative estimate of drug-likeness (QED) is 0.889. The maximum absolute atomic E-state index is 11.6. The molecule has 1 aliphatic heterocycles. The van der Waals surface area contributed by atoms with Crippen LogP contribution in [0.3, 0.4) is 0 Å². The molecule has 1 aromatic rings. The van der Waals surface area contributed by atoms with Crippen LogP contribution in [0.15, 0.2) is 18.2 Å². The van der Waals surface area contributed by atoms with Gasteiger partial charge in [0.2, 0.25) is 0 Å². The van der Waals surface area contributed by atoms with Gasteiger partial charge < -0.3 is 10.4 Å². The minimum absolute atomic E-state index is 0.0198. The number of phenols is 1. The van der Waals surface area contributed by atoms with Crippen molar-refractivity contribution in [3.8, 4) is 5.75 Å². The van der Waals surface area contributed by atoms with Gasteiger partial charge in [0.05, 0.1) is 11.5 Å². The van der Waals surface area contributed by atoms with Crippen molar-refractivity contribution in [3.05, 3.63) is 29.3 Å². The van der Waals surface area contributed by atoms with Crippen molar-refractivity contribution in [3.63, 3.8) is 0 Å². The molecule has 1 aliphatic rings. The highest BCUT2D eigenvalue weighted by Crippen LogP contribution is 2.26. The average molecular weight is 283 g/mol. The predicted octanol–water partition coefficient (Wildman–Crippen LogP) is 1.93. The molecule has 1 heterocycles. The first-order valence-corrected chi connectivity index (χ1v) is 8.45. The molecule has 0 radical (unpaired) electrons. The van der Waals surface area contributed by atoms with E-state index in [1.165, 1.54) is 0 Å². The summed E-state index contributed by atoms with van der Waals surface area (Å²) in [6, 6.07) is 5.40. The first kappa shape index (κ1) is 14.3. The number of benzene rings is 1. The lowest BCUT2D eigenvalue weighted by atomic mass is 10.0. The molecular weight excluding hydrogens is 262 g/mol. The van der Waals surface area contributed by atoms with Gasteiger partial charge in [-0.15, -0.1) is 0 Å². The van der Waals surface area contributed by atoms with Crippen LogP contribution in [0.1, 0.15) is 36.9 Å². The zero-order valence-corrected chi connectivity index (χ0v) is 12.2. The Balaban J connectivity index is 2.08. The fraction of sp³-hybridized carbons (Fsp3) is 0.571. The molecule has 1 fully saturated rings. The molecular formula is C14H21NO3S. The van der Waals surface area contributed by atoms with Gasteiger partial charge in [-0.3, -0.25) is 0 Å². The Morgan fingerprint density at radius 1 is 1.42 bits per heavy atom. The maximum Gasteiger partial charge on any atom is 0.151 e. The number of aryl methyl sites for hydroxylation is 1. The summed E-state index contributed by atoms with van der Waals surface area (Å²) >= 11 is 0. The molecule has 0 aromatic heterocycles. The van der Waals surface area contributed by atoms with Crippen molar-refractivity contribution in [2.24, 2.45) is 0 Å². The largest absolute Gasteiger partial charge is 0.508 e. The van der Waals surface area contributed by atoms with Crippen molar-refractivity contribution in [1.29, 1.82) is 0 Å². The van der Waals surface area contributed by atoms with Crippen LogP contribution in [0.25, 0.3) is 0 Å². The molecule has 1 aromatic carbocycles. The highest BCUT2D eigenvalue weighted by Gasteiger charge is 2.26. The number of hydrogen-bond donors (Lipinski definition) is 2. The second-order valence-corrected chi connectivity index (χ2v) is 7.63. The molecule has 2 N–H and O–H groups in total. The zero-order chi connectivity index (χ0) is 14.0. The van der Waals surface area contributed by atoms with E-state index in [1.54, 1.807) is 6.07 Å². The van der Waals surface area contributed by atoms with Crippen LogP contribution in [0.2, 0.25) is 0 Å². The molecule has 2 atom stereocenters. The first-order valence-electron chi connectivity index (χ1n) is 6.63. The van der Waals surface area contributed by atoms with E-state index < -0.39 is 9.84 Å². The molecule has 0 amide bonds. The number of hydrogen-bond acceptors (Lipinski definition) is 4. The second-order valence-electron chi connectivity index (χ2n) is 5.40. The van der Waals surface area contributed by atoms with Crippen LogP contribution < -0.4 is 5.32 Å². The Morgan fingerprint density at radius 2 is 2.16 bits per heavy atom. The smallest absolute Gasteiger partial charge is 0.151 e. The molecule has 2 rings (SSSR count). The lowest BCUT2D eigenvalue weighted by Gasteiger charge is -2.27. The number of sulfone groups is 1. The highest BCUT2D eigenvalue weighted by molar-refractivity contribution is 7.91. The van der Waals surface area contributed by atoms with E-state index in [2.05, 4.69) is 5.32 Å². The van der Waals surface area contributed by atoms with E-state index >= 15 is 0 Å². The van der Waals surface area contributed by atoms with Crippen molar-refractivity contribution in [2.45, 2.75) is 38.8 Å². The van der Waals surface area contributed by atoms with Gasteiger partial charge in [-0.2, -0.15) is 0 Å². The summed E-state index contributed by atoms with van der Waals surface area (Å²) in [5.74, 6) is 0.753. The Morgan fingerprint density at radius 3 is 2.84 bits per heavy atom. The summed E-state index contributed by atoms with van der Waals surface area (Å²) < 4.78 is 23.2. The molecule has 2 unspecified atom stereocenters. The molecule has 1 saturated heterocycles. The Kier molecular flexibility index (Phi) is 4.16. The zero-order valence-electron chi connectivity index (χ0n) is 11.4. The van der Waals surface area contributed by atoms with Gasteiger partial charge in [-0.05, 0) is 32.8 Å². The topological polar surface area (TPSA) is 66.4 Å². The number of aromatic hydroxyl groups is 1. The van der Waals surface area contributed by atoms with Crippen molar-refractivity contribution in [1.82, 2.24) is 5.32 Å². The summed E-state index contributed by atoms with van der Waals surface area (Å²) in [5.41, 5.74) is 1.90. The minimum atomic E-state index is -2.90. The van der Waals surface area contributed by atoms with Crippen molar-refractivity contribution in [2.75, 3.05) is 11.5 Å². The minimum Gasteiger partial charge on any atom is -0.508 e. The SMILES string of the molecule is Cc1ccc(O)c(C(C)NC2CCCS(=O)(=O)C2)c1. The van der Waals surface area contributed by atoms with Crippen molar-refractivity contribution < 1.29 is 13.5 Å². The molecule has 0 spiro atoms. The summed E-state index contributed by atoms with van der Waals surface area (Å²) in [5, 5.41) is 13.2. The normalized spacial score (nSPS) is 24.0. The molecule has 5 heteroatoms. The second kappa shape index (κ2) is 5.51. The third kappa shape index (κ3) is 3.70. The van der Waals surface area contributed by atoms with Gasteiger partial charge in [0.1, 0.15) is 5.75 Å². The van der Waals surface area contributed by atoms with Gasteiger partial charge in [0.15, 0.2) is 9.84 Å². The lowest BCUT2D eigenvalue weighted by molar-refractivity contribution is 0.416. The predicted molar refractivity (Wildman–Crippen MR) is 76.1 cm³/mol. The van der Waals surface area contributed by atoms with Gasteiger partial charge in [0.25, 0.3) is 0 Å². The fourth-order valence-corrected chi connectivity index (χ4v) is 4.27. The van der Waals surface area contributed by atoms with E-state index in [4.69, 9.17) is 0 Å². The summed E-state index contributed by atoms with van der Waals surface area (Å²) in [7, 11) is -2.90. The molecule has 0 aliphatic carbocycles. The van der Waals surface area contributed by atoms with E-state index in [9.17, 15) is 13.5 Å². The molecule has 19 heavy (non-hydrogen) atoms. The molecule has 0 saturated carbocycles. The molecule has 4 nitrogen and oxygen atoms in total. The summed E-state index contributed by atoms with van der Waals surface area (Å²) in [6.45, 7) is 3.93. The van der Waals surface area contributed by atoms with E-state index in [0.29, 0.717) is 12.2 Å². The standard InChI is InChI=1S/C14H21NO3S/c1-10-5-6-14(16)13(8-10)11(2)15-12-4-3-7-19(17,18)9-12/h5-6,8,11-12,15-16H,3-4,7,9H2,1-2H3. The number of rotatable bonds is 3. The Hall–Kier alpha value is -1.07. The summed E-state index contributed by atoms with van der Waals surface area (Å²) in [4.78, 5) is 0. The first-order chi connectivity index (χ1) is 8.87. The lowest BCUT2D eigenvalue weighted by Crippen LogP contribution is -2.41. The van der Waals surface area contributed by atoms with E-state index in [-0.39, 0.29) is 23.6 Å². The maximum atomic E-state index is 11.6. The van der Waals surface area contributed by atoms with E-state index in [1.807, 2.05) is 26.0 Å². The van der Waals surface area contributed by atoms with Crippen LogP contribution >= 0.6 is 0 Å². The monoisotopic (exact) mass is 283 g/mol. The van der Waals surface area contributed by atoms with Crippen LogP contribution in [0.5, 0.6) is 5.75 Å².